The summed E-state index contributed by atoms with van der Waals surface area (Å²) < 4.78 is 4.76. The second kappa shape index (κ2) is 19.4. The van der Waals surface area contributed by atoms with E-state index in [1.807, 2.05) is 62.4 Å². The van der Waals surface area contributed by atoms with Crippen LogP contribution in [0.4, 0.5) is 9.59 Å². The molecule has 2 saturated heterocycles. The largest absolute Gasteiger partial charge is 0.465 e. The topological polar surface area (TPSA) is 206 Å². The molecule has 2 aliphatic heterocycles. The maximum atomic E-state index is 14.1. The number of aromatic amines is 2. The molecule has 330 valence electrons. The third-order valence-electron chi connectivity index (χ3n) is 12.1. The third kappa shape index (κ3) is 10.1. The average Bonchev–Trinajstić information content (AvgIpc) is 4.14. The summed E-state index contributed by atoms with van der Waals surface area (Å²) in [7, 11) is 2.71. The number of ether oxygens (including phenoxy) is 1. The highest BCUT2D eigenvalue weighted by molar-refractivity contribution is 5.87. The molecule has 63 heavy (non-hydrogen) atoms. The summed E-state index contributed by atoms with van der Waals surface area (Å²) in [6, 6.07) is 21.6. The number of rotatable bonds is 14. The van der Waals surface area contributed by atoms with Crippen LogP contribution in [0.5, 0.6) is 0 Å². The van der Waals surface area contributed by atoms with Crippen LogP contribution in [0.15, 0.2) is 85.2 Å². The maximum absolute atomic E-state index is 14.1. The van der Waals surface area contributed by atoms with Crippen molar-refractivity contribution in [3.05, 3.63) is 108 Å². The fraction of sp³-hybridized carbons (Fsp3) is 0.383. The van der Waals surface area contributed by atoms with Gasteiger partial charge in [0.05, 0.1) is 43.0 Å². The Hall–Kier alpha value is -6.97. The lowest BCUT2D eigenvalue weighted by molar-refractivity contribution is -0.137. The number of nitrogens with zero attached hydrogens (tertiary/aromatic N) is 5. The number of amides is 5. The monoisotopic (exact) mass is 857 g/mol. The van der Waals surface area contributed by atoms with Gasteiger partial charge in [0.2, 0.25) is 17.7 Å². The highest BCUT2D eigenvalue weighted by Gasteiger charge is 2.39. The number of hydrogen-bond acceptors (Lipinski definition) is 8. The van der Waals surface area contributed by atoms with Crippen molar-refractivity contribution in [2.75, 3.05) is 27.2 Å². The average molecular weight is 858 g/mol. The van der Waals surface area contributed by atoms with Gasteiger partial charge in [0.1, 0.15) is 23.7 Å². The molecule has 5 N–H and O–H groups in total. The van der Waals surface area contributed by atoms with Crippen LogP contribution >= 0.6 is 0 Å². The summed E-state index contributed by atoms with van der Waals surface area (Å²) in [5.74, 6) is 0.686. The molecule has 0 spiro atoms. The van der Waals surface area contributed by atoms with Gasteiger partial charge in [-0.15, -0.1) is 0 Å². The minimum atomic E-state index is -1.19. The van der Waals surface area contributed by atoms with Crippen LogP contribution in [-0.2, 0) is 32.1 Å². The van der Waals surface area contributed by atoms with Crippen molar-refractivity contribution in [1.29, 1.82) is 0 Å². The first-order valence-corrected chi connectivity index (χ1v) is 21.4. The maximum Gasteiger partial charge on any atom is 0.407 e. The van der Waals surface area contributed by atoms with Gasteiger partial charge in [-0.05, 0) is 65.0 Å². The van der Waals surface area contributed by atoms with Crippen molar-refractivity contribution >= 4 is 29.9 Å². The number of hydrogen-bond donors (Lipinski definition) is 5. The van der Waals surface area contributed by atoms with Crippen LogP contribution in [0, 0.1) is 5.92 Å². The zero-order valence-corrected chi connectivity index (χ0v) is 36.3. The van der Waals surface area contributed by atoms with Crippen molar-refractivity contribution in [3.63, 3.8) is 0 Å². The zero-order chi connectivity index (χ0) is 44.8. The van der Waals surface area contributed by atoms with Crippen molar-refractivity contribution in [1.82, 2.24) is 45.3 Å². The molecule has 16 nitrogen and oxygen atoms in total. The number of carboxylic acid groups (broad SMARTS) is 1. The second-order valence-electron chi connectivity index (χ2n) is 16.6. The van der Waals surface area contributed by atoms with Crippen LogP contribution in [0.1, 0.15) is 81.3 Å². The van der Waals surface area contributed by atoms with Gasteiger partial charge in [0, 0.05) is 40.0 Å². The molecule has 5 amide bonds. The Balaban J connectivity index is 0.995. The number of methoxy groups -OCH3 is 1. The lowest BCUT2D eigenvalue weighted by atomic mass is 10.0. The number of benzene rings is 3. The fourth-order valence-corrected chi connectivity index (χ4v) is 8.46. The van der Waals surface area contributed by atoms with Gasteiger partial charge < -0.3 is 40.2 Å². The smallest absolute Gasteiger partial charge is 0.407 e. The van der Waals surface area contributed by atoms with Crippen LogP contribution in [0.25, 0.3) is 33.6 Å². The first kappa shape index (κ1) is 44.1. The first-order chi connectivity index (χ1) is 30.3. The van der Waals surface area contributed by atoms with E-state index < -0.39 is 24.3 Å². The molecule has 3 aromatic carbocycles. The zero-order valence-electron chi connectivity index (χ0n) is 36.3. The Kier molecular flexibility index (Phi) is 13.6. The highest BCUT2D eigenvalue weighted by Crippen LogP contribution is 2.35. The Morgan fingerprint density at radius 2 is 1.24 bits per heavy atom. The standard InChI is InChI=1S/C47H55N9O7/c1-28(2)41(53-46(60)63-5)45(59)56-23-7-9-39(56)43-50-27-37(52-43)35-20-16-33(17-21-35)32-14-18-34(19-15-32)36-26-49-42(51-36)38-8-6-22-55(38)44(58)40(54(4)47(61)62)24-30-10-12-31(13-11-30)25-48-29(3)57/h10-21,26-28,38-41H,6-9,22-25H2,1-5H3,(H,48,57)(H,49,51)(H,50,52)(H,53,60)(H,61,62)/t38-,39?,40-,41-/m0/s1. The Labute approximate surface area is 366 Å². The molecule has 2 aromatic heterocycles. The number of alkyl carbamates (subject to hydrolysis) is 1. The van der Waals surface area contributed by atoms with Crippen molar-refractivity contribution in [3.8, 4) is 33.6 Å². The molecule has 5 aromatic rings. The van der Waals surface area contributed by atoms with Crippen molar-refractivity contribution < 1.29 is 33.8 Å². The van der Waals surface area contributed by atoms with E-state index in [1.165, 1.54) is 21.1 Å². The Bertz CT molecular complexity index is 2410. The predicted octanol–water partition coefficient (Wildman–Crippen LogP) is 6.70. The summed E-state index contributed by atoms with van der Waals surface area (Å²) in [5.41, 5.74) is 7.30. The molecule has 0 saturated carbocycles. The summed E-state index contributed by atoms with van der Waals surface area (Å²) in [6.45, 7) is 6.70. The minimum Gasteiger partial charge on any atom is -0.465 e. The number of imidazole rings is 2. The van der Waals surface area contributed by atoms with E-state index in [1.54, 1.807) is 22.2 Å². The Morgan fingerprint density at radius 1 is 0.762 bits per heavy atom. The Morgan fingerprint density at radius 3 is 1.70 bits per heavy atom. The molecule has 2 fully saturated rings. The van der Waals surface area contributed by atoms with Gasteiger partial charge in [-0.1, -0.05) is 86.6 Å². The molecule has 4 heterocycles. The molecule has 7 rings (SSSR count). The van der Waals surface area contributed by atoms with Crippen molar-refractivity contribution in [2.45, 2.75) is 83.6 Å². The van der Waals surface area contributed by atoms with Gasteiger partial charge in [-0.25, -0.2) is 19.6 Å². The van der Waals surface area contributed by atoms with E-state index in [2.05, 4.69) is 49.9 Å². The van der Waals surface area contributed by atoms with Gasteiger partial charge >= 0.3 is 12.2 Å². The van der Waals surface area contributed by atoms with Crippen LogP contribution < -0.4 is 10.6 Å². The summed E-state index contributed by atoms with van der Waals surface area (Å²) in [4.78, 5) is 84.0. The fourth-order valence-electron chi connectivity index (χ4n) is 8.46. The number of likely N-dealkylation sites (tertiary alicyclic amines) is 2. The third-order valence-corrected chi connectivity index (χ3v) is 12.1. The van der Waals surface area contributed by atoms with Gasteiger partial charge in [0.25, 0.3) is 0 Å². The lowest BCUT2D eigenvalue weighted by Gasteiger charge is -2.32. The lowest BCUT2D eigenvalue weighted by Crippen LogP contribution is -2.51. The predicted molar refractivity (Wildman–Crippen MR) is 236 cm³/mol. The molecule has 0 bridgehead atoms. The molecular weight excluding hydrogens is 803 g/mol. The summed E-state index contributed by atoms with van der Waals surface area (Å²) >= 11 is 0. The van der Waals surface area contributed by atoms with E-state index in [0.29, 0.717) is 37.7 Å². The molecule has 0 radical (unpaired) electrons. The normalized spacial score (nSPS) is 17.0. The van der Waals surface area contributed by atoms with Crippen molar-refractivity contribution in [2.24, 2.45) is 5.92 Å². The number of carbonyl (C=O) groups excluding carboxylic acids is 4. The summed E-state index contributed by atoms with van der Waals surface area (Å²) in [6.07, 6.45) is 5.00. The molecule has 16 heteroatoms. The second-order valence-corrected chi connectivity index (χ2v) is 16.6. The molecule has 1 unspecified atom stereocenters. The van der Waals surface area contributed by atoms with E-state index in [4.69, 9.17) is 9.72 Å². The van der Waals surface area contributed by atoms with Gasteiger partial charge in [0.15, 0.2) is 0 Å². The molecule has 0 aliphatic carbocycles. The van der Waals surface area contributed by atoms with E-state index >= 15 is 0 Å². The van der Waals surface area contributed by atoms with Gasteiger partial charge in [-0.2, -0.15) is 0 Å². The highest BCUT2D eigenvalue weighted by atomic mass is 16.5. The van der Waals surface area contributed by atoms with E-state index in [0.717, 1.165) is 68.9 Å². The quantitative estimate of drug-likeness (QED) is 0.0805. The summed E-state index contributed by atoms with van der Waals surface area (Å²) in [5, 5.41) is 15.4. The van der Waals surface area contributed by atoms with Crippen LogP contribution in [0.2, 0.25) is 0 Å². The molecule has 2 aliphatic rings. The number of aromatic nitrogens is 4. The number of nitrogens with one attached hydrogen (secondary N) is 4. The molecule has 4 atom stereocenters. The molecular formula is C47H55N9O7. The number of H-pyrrole nitrogens is 2. The number of likely N-dealkylation sites (N-methyl/N-ethyl adjacent to an activating group) is 1. The minimum absolute atomic E-state index is 0.118. The van der Waals surface area contributed by atoms with E-state index in [9.17, 15) is 29.1 Å². The SMILES string of the molecule is COC(=O)N[C@H](C(=O)N1CCCC1c1ncc(-c2ccc(-c3ccc(-c4cnc([C@@H]5CCCN5C(=O)[C@H](Cc5ccc(CNC(C)=O)cc5)N(C)C(=O)O)[nH]4)cc3)cc2)[nH]1)C(C)C. The number of carbonyl (C=O) groups is 5. The van der Waals surface area contributed by atoms with Crippen LogP contribution in [0.3, 0.4) is 0 Å². The first-order valence-electron chi connectivity index (χ1n) is 21.4. The van der Waals surface area contributed by atoms with E-state index in [-0.39, 0.29) is 42.1 Å². The van der Waals surface area contributed by atoms with Gasteiger partial charge in [-0.3, -0.25) is 19.3 Å². The van der Waals surface area contributed by atoms with Crippen LogP contribution in [-0.4, -0.2) is 109 Å².